The van der Waals surface area contributed by atoms with Gasteiger partial charge >= 0.3 is 6.09 Å². The Hall–Kier alpha value is -4.84. The van der Waals surface area contributed by atoms with E-state index in [0.29, 0.717) is 53.3 Å². The maximum absolute atomic E-state index is 13.5. The molecule has 0 radical (unpaired) electrons. The molecule has 0 fully saturated rings. The van der Waals surface area contributed by atoms with Crippen LogP contribution in [0, 0.1) is 6.92 Å². The Morgan fingerprint density at radius 3 is 2.50 bits per heavy atom. The number of benzene rings is 2. The summed E-state index contributed by atoms with van der Waals surface area (Å²) >= 11 is 0. The van der Waals surface area contributed by atoms with Crippen LogP contribution in [0.3, 0.4) is 0 Å². The predicted molar refractivity (Wildman–Crippen MR) is 151 cm³/mol. The number of nitrogens with one attached hydrogen (secondary N) is 1. The minimum Gasteiger partial charge on any atom is -0.491 e. The zero-order valence-electron chi connectivity index (χ0n) is 23.1. The van der Waals surface area contributed by atoms with Gasteiger partial charge in [-0.05, 0) is 42.2 Å². The number of methoxy groups -OCH3 is 1. The van der Waals surface area contributed by atoms with Crippen LogP contribution in [-0.4, -0.2) is 52.0 Å². The lowest BCUT2D eigenvalue weighted by molar-refractivity contribution is 0.102. The highest BCUT2D eigenvalue weighted by Gasteiger charge is 2.26. The van der Waals surface area contributed by atoms with Crippen molar-refractivity contribution < 1.29 is 28.9 Å². The van der Waals surface area contributed by atoms with Gasteiger partial charge in [0.15, 0.2) is 5.65 Å². The van der Waals surface area contributed by atoms with Crippen molar-refractivity contribution in [3.05, 3.63) is 71.4 Å². The first-order valence-electron chi connectivity index (χ1n) is 12.3. The molecule has 2 aromatic carbocycles. The highest BCUT2D eigenvalue weighted by Crippen LogP contribution is 2.35. The van der Waals surface area contributed by atoms with Crippen LogP contribution < -0.4 is 26.3 Å². The molecule has 12 heteroatoms. The first-order valence-corrected chi connectivity index (χ1v) is 12.3. The van der Waals surface area contributed by atoms with Crippen LogP contribution in [0.15, 0.2) is 54.7 Å². The molecular formula is C28H34N6O6. The fourth-order valence-corrected chi connectivity index (χ4v) is 3.90. The van der Waals surface area contributed by atoms with E-state index in [2.05, 4.69) is 41.9 Å². The van der Waals surface area contributed by atoms with E-state index in [1.165, 1.54) is 0 Å². The second-order valence-electron chi connectivity index (χ2n) is 9.78. The van der Waals surface area contributed by atoms with Gasteiger partial charge in [0, 0.05) is 36.1 Å². The summed E-state index contributed by atoms with van der Waals surface area (Å²) in [6.45, 7) is 8.95. The SMILES string of the molecule is COCCOc1cccc(C(=O)Nc2cc(Oc3ccc4nc(N)cn4n3)ccc2C)c1C(C)(C)C.NC(=O)O. The van der Waals surface area contributed by atoms with E-state index >= 15 is 0 Å². The molecule has 212 valence electrons. The van der Waals surface area contributed by atoms with Crippen molar-refractivity contribution in [1.29, 1.82) is 0 Å². The second-order valence-corrected chi connectivity index (χ2v) is 9.78. The van der Waals surface area contributed by atoms with Gasteiger partial charge < -0.3 is 36.1 Å². The molecule has 2 heterocycles. The molecule has 40 heavy (non-hydrogen) atoms. The van der Waals surface area contributed by atoms with E-state index in [0.717, 1.165) is 11.1 Å². The van der Waals surface area contributed by atoms with Crippen molar-refractivity contribution in [2.75, 3.05) is 31.4 Å². The Morgan fingerprint density at radius 1 is 1.10 bits per heavy atom. The van der Waals surface area contributed by atoms with Crippen molar-refractivity contribution in [2.24, 2.45) is 5.73 Å². The molecule has 0 atom stereocenters. The summed E-state index contributed by atoms with van der Waals surface area (Å²) in [5.74, 6) is 1.72. The van der Waals surface area contributed by atoms with Gasteiger partial charge in [-0.2, -0.15) is 0 Å². The van der Waals surface area contributed by atoms with E-state index in [-0.39, 0.29) is 11.3 Å². The lowest BCUT2D eigenvalue weighted by Gasteiger charge is -2.26. The van der Waals surface area contributed by atoms with Gasteiger partial charge in [0.1, 0.15) is 23.9 Å². The lowest BCUT2D eigenvalue weighted by Crippen LogP contribution is -2.23. The number of carbonyl (C=O) groups is 2. The standard InChI is InChI=1S/C27H31N5O4.CH3NO2/c1-17-9-10-18(36-24-12-11-23-30-22(28)16-32(23)31-24)15-20(17)29-26(33)19-7-6-8-21(35-14-13-34-5)25(19)27(2,3)4;2-1(3)4/h6-12,15-16H,13-14,28H2,1-5H3,(H,29,33);2H2,(H,3,4). The van der Waals surface area contributed by atoms with Gasteiger partial charge in [0.25, 0.3) is 5.91 Å². The van der Waals surface area contributed by atoms with Crippen LogP contribution >= 0.6 is 0 Å². The van der Waals surface area contributed by atoms with Crippen molar-refractivity contribution >= 4 is 29.2 Å². The quantitative estimate of drug-likeness (QED) is 0.228. The molecule has 0 spiro atoms. The molecule has 0 bridgehead atoms. The van der Waals surface area contributed by atoms with E-state index in [4.69, 9.17) is 29.8 Å². The Morgan fingerprint density at radius 2 is 1.82 bits per heavy atom. The number of carboxylic acid groups (broad SMARTS) is 1. The van der Waals surface area contributed by atoms with Crippen molar-refractivity contribution in [1.82, 2.24) is 14.6 Å². The summed E-state index contributed by atoms with van der Waals surface area (Å²) in [4.78, 5) is 26.4. The summed E-state index contributed by atoms with van der Waals surface area (Å²) in [5.41, 5.74) is 13.0. The maximum atomic E-state index is 13.5. The van der Waals surface area contributed by atoms with Gasteiger partial charge in [-0.1, -0.05) is 32.9 Å². The molecule has 0 aliphatic heterocycles. The number of rotatable bonds is 8. The number of amides is 2. The average molecular weight is 551 g/mol. The third-order valence-corrected chi connectivity index (χ3v) is 5.56. The van der Waals surface area contributed by atoms with Gasteiger partial charge in [-0.15, -0.1) is 5.10 Å². The number of ether oxygens (including phenoxy) is 3. The first-order chi connectivity index (χ1) is 18.9. The normalized spacial score (nSPS) is 10.9. The number of hydrogen-bond donors (Lipinski definition) is 4. The lowest BCUT2D eigenvalue weighted by atomic mass is 9.82. The molecule has 0 aliphatic rings. The topological polar surface area (TPSA) is 176 Å². The van der Waals surface area contributed by atoms with Crippen LogP contribution in [0.5, 0.6) is 17.4 Å². The van der Waals surface area contributed by atoms with Crippen molar-refractivity contribution in [2.45, 2.75) is 33.1 Å². The van der Waals surface area contributed by atoms with E-state index < -0.39 is 6.09 Å². The number of fused-ring (bicyclic) bond motifs is 1. The minimum absolute atomic E-state index is 0.231. The monoisotopic (exact) mass is 550 g/mol. The summed E-state index contributed by atoms with van der Waals surface area (Å²) in [7, 11) is 1.63. The Bertz CT molecular complexity index is 1490. The van der Waals surface area contributed by atoms with E-state index in [9.17, 15) is 4.79 Å². The zero-order valence-corrected chi connectivity index (χ0v) is 23.1. The molecule has 2 aromatic heterocycles. The fourth-order valence-electron chi connectivity index (χ4n) is 3.90. The maximum Gasteiger partial charge on any atom is 0.402 e. The van der Waals surface area contributed by atoms with Crippen LogP contribution in [0.4, 0.5) is 16.3 Å². The highest BCUT2D eigenvalue weighted by molar-refractivity contribution is 6.06. The van der Waals surface area contributed by atoms with E-state index in [1.54, 1.807) is 36.0 Å². The number of nitrogen functional groups attached to an aromatic ring is 1. The number of primary amides is 1. The number of carbonyl (C=O) groups excluding carboxylic acids is 1. The Balaban J connectivity index is 0.00000103. The molecule has 12 nitrogen and oxygen atoms in total. The molecule has 4 aromatic rings. The molecular weight excluding hydrogens is 516 g/mol. The average Bonchev–Trinajstić information content (AvgIpc) is 3.24. The highest BCUT2D eigenvalue weighted by atomic mass is 16.5. The molecule has 0 saturated heterocycles. The van der Waals surface area contributed by atoms with Crippen molar-refractivity contribution in [3.63, 3.8) is 0 Å². The fraction of sp³-hybridized carbons (Fsp3) is 0.286. The van der Waals surface area contributed by atoms with Gasteiger partial charge in [0.2, 0.25) is 5.88 Å². The van der Waals surface area contributed by atoms with Crippen LogP contribution in [0.2, 0.25) is 0 Å². The largest absolute Gasteiger partial charge is 0.491 e. The zero-order chi connectivity index (χ0) is 29.4. The number of aromatic nitrogens is 3. The molecule has 0 saturated carbocycles. The first kappa shape index (κ1) is 29.7. The molecule has 6 N–H and O–H groups in total. The Labute approximate surface area is 231 Å². The number of aryl methyl sites for hydroxylation is 1. The number of nitrogens with two attached hydrogens (primary N) is 2. The predicted octanol–water partition coefficient (Wildman–Crippen LogP) is 4.61. The third-order valence-electron chi connectivity index (χ3n) is 5.56. The van der Waals surface area contributed by atoms with Crippen LogP contribution in [0.1, 0.15) is 42.3 Å². The summed E-state index contributed by atoms with van der Waals surface area (Å²) in [5, 5.41) is 14.6. The number of imidazole rings is 1. The Kier molecular flexibility index (Phi) is 9.51. The number of hydrogen-bond acceptors (Lipinski definition) is 8. The number of anilines is 2. The smallest absolute Gasteiger partial charge is 0.402 e. The molecule has 0 unspecified atom stereocenters. The van der Waals surface area contributed by atoms with E-state index in [1.807, 2.05) is 37.3 Å². The van der Waals surface area contributed by atoms with Gasteiger partial charge in [-0.3, -0.25) is 4.79 Å². The number of nitrogens with zero attached hydrogens (tertiary/aromatic N) is 3. The van der Waals surface area contributed by atoms with Crippen LogP contribution in [0.25, 0.3) is 5.65 Å². The van der Waals surface area contributed by atoms with Crippen LogP contribution in [-0.2, 0) is 10.2 Å². The third kappa shape index (κ3) is 7.84. The minimum atomic E-state index is -1.33. The molecule has 2 amide bonds. The van der Waals surface area contributed by atoms with Crippen molar-refractivity contribution in [3.8, 4) is 17.4 Å². The molecule has 0 aliphatic carbocycles. The summed E-state index contributed by atoms with van der Waals surface area (Å²) in [6, 6.07) is 14.5. The summed E-state index contributed by atoms with van der Waals surface area (Å²) < 4.78 is 18.5. The molecule has 4 rings (SSSR count). The second kappa shape index (κ2) is 12.8. The van der Waals surface area contributed by atoms with Gasteiger partial charge in [-0.25, -0.2) is 14.3 Å². The summed E-state index contributed by atoms with van der Waals surface area (Å²) in [6.07, 6.45) is 0.281. The van der Waals surface area contributed by atoms with Gasteiger partial charge in [0.05, 0.1) is 12.8 Å².